The smallest absolute Gasteiger partial charge is 0.304 e. The van der Waals surface area contributed by atoms with Gasteiger partial charge in [-0.25, -0.2) is 4.39 Å². The summed E-state index contributed by atoms with van der Waals surface area (Å²) in [5.41, 5.74) is 2.22. The summed E-state index contributed by atoms with van der Waals surface area (Å²) in [7, 11) is 0. The summed E-state index contributed by atoms with van der Waals surface area (Å²) in [4.78, 5) is 11.0. The van der Waals surface area contributed by atoms with E-state index in [9.17, 15) is 9.18 Å². The molecule has 2 atom stereocenters. The second kappa shape index (κ2) is 7.95. The van der Waals surface area contributed by atoms with Crippen molar-refractivity contribution in [1.29, 1.82) is 0 Å². The van der Waals surface area contributed by atoms with Crippen LogP contribution in [0.25, 0.3) is 0 Å². The Kier molecular flexibility index (Phi) is 4.98. The van der Waals surface area contributed by atoms with Crippen molar-refractivity contribution in [1.82, 2.24) is 0 Å². The molecule has 0 radical (unpaired) electrons. The molecule has 0 saturated heterocycles. The zero-order chi connectivity index (χ0) is 21.4. The number of fused-ring (bicyclic) bond motifs is 2. The number of halogens is 1. The molecule has 0 amide bonds. The van der Waals surface area contributed by atoms with Gasteiger partial charge < -0.3 is 19.3 Å². The monoisotopic (exact) mass is 420 g/mol. The molecule has 1 heterocycles. The maximum Gasteiger partial charge on any atom is 0.304 e. The number of carbonyl (C=O) groups is 1. The number of hydrogen-bond acceptors (Lipinski definition) is 4. The van der Waals surface area contributed by atoms with Crippen molar-refractivity contribution in [3.05, 3.63) is 83.2 Å². The van der Waals surface area contributed by atoms with Crippen LogP contribution in [0.5, 0.6) is 23.0 Å². The minimum absolute atomic E-state index is 0.0264. The average molecular weight is 420 g/mol. The lowest BCUT2D eigenvalue weighted by molar-refractivity contribution is -0.137. The van der Waals surface area contributed by atoms with E-state index in [1.165, 1.54) is 6.07 Å². The predicted octanol–water partition coefficient (Wildman–Crippen LogP) is 5.64. The lowest BCUT2D eigenvalue weighted by atomic mass is 9.98. The largest absolute Gasteiger partial charge is 0.492 e. The second-order valence-electron chi connectivity index (χ2n) is 7.80. The lowest BCUT2D eigenvalue weighted by Gasteiger charge is -2.17. The summed E-state index contributed by atoms with van der Waals surface area (Å²) in [6.45, 7) is 0.339. The van der Waals surface area contributed by atoms with E-state index in [0.717, 1.165) is 11.1 Å². The fourth-order valence-corrected chi connectivity index (χ4v) is 4.35. The molecule has 1 aliphatic carbocycles. The molecule has 6 heteroatoms. The average Bonchev–Trinajstić information content (AvgIpc) is 3.36. The molecule has 1 N–H and O–H groups in total. The minimum atomic E-state index is -0.853. The summed E-state index contributed by atoms with van der Waals surface area (Å²) in [6, 6.07) is 17.9. The fourth-order valence-electron chi connectivity index (χ4n) is 4.35. The van der Waals surface area contributed by atoms with E-state index in [2.05, 4.69) is 0 Å². The Morgan fingerprint density at radius 2 is 1.94 bits per heavy atom. The highest BCUT2D eigenvalue weighted by Crippen LogP contribution is 2.44. The van der Waals surface area contributed by atoms with E-state index in [0.29, 0.717) is 48.0 Å². The van der Waals surface area contributed by atoms with Crippen LogP contribution in [0.4, 0.5) is 4.39 Å². The number of hydrogen-bond donors (Lipinski definition) is 1. The van der Waals surface area contributed by atoms with Gasteiger partial charge in [0.2, 0.25) is 0 Å². The first kappa shape index (κ1) is 19.4. The van der Waals surface area contributed by atoms with Crippen molar-refractivity contribution in [3.8, 4) is 23.0 Å². The van der Waals surface area contributed by atoms with Crippen molar-refractivity contribution in [2.45, 2.75) is 31.3 Å². The predicted molar refractivity (Wildman–Crippen MR) is 112 cm³/mol. The third kappa shape index (κ3) is 3.81. The van der Waals surface area contributed by atoms with E-state index in [4.69, 9.17) is 19.3 Å². The molecule has 31 heavy (non-hydrogen) atoms. The van der Waals surface area contributed by atoms with Gasteiger partial charge in [0.25, 0.3) is 0 Å². The van der Waals surface area contributed by atoms with Crippen LogP contribution >= 0.6 is 0 Å². The molecule has 3 aromatic carbocycles. The second-order valence-corrected chi connectivity index (χ2v) is 7.80. The number of aliphatic carboxylic acids is 1. The molecule has 5 nitrogen and oxygen atoms in total. The summed E-state index contributed by atoms with van der Waals surface area (Å²) in [5, 5.41) is 9.05. The van der Waals surface area contributed by atoms with Gasteiger partial charge in [-0.15, -0.1) is 0 Å². The number of para-hydroxylation sites is 1. The molecule has 0 spiro atoms. The first-order valence-corrected chi connectivity index (χ1v) is 10.3. The van der Waals surface area contributed by atoms with Gasteiger partial charge in [-0.05, 0) is 43.2 Å². The van der Waals surface area contributed by atoms with Crippen LogP contribution in [0.3, 0.4) is 0 Å². The molecule has 3 aromatic rings. The van der Waals surface area contributed by atoms with E-state index in [1.807, 2.05) is 36.4 Å². The Labute approximate surface area is 179 Å². The van der Waals surface area contributed by atoms with Crippen molar-refractivity contribution < 1.29 is 28.5 Å². The van der Waals surface area contributed by atoms with Gasteiger partial charge in [0.15, 0.2) is 0 Å². The van der Waals surface area contributed by atoms with Gasteiger partial charge in [0.1, 0.15) is 34.9 Å². The molecule has 1 aliphatic heterocycles. The maximum atomic E-state index is 14.7. The van der Waals surface area contributed by atoms with Gasteiger partial charge in [-0.2, -0.15) is 0 Å². The van der Waals surface area contributed by atoms with E-state index < -0.39 is 12.1 Å². The quantitative estimate of drug-likeness (QED) is 0.559. The zero-order valence-corrected chi connectivity index (χ0v) is 16.7. The Balaban J connectivity index is 1.37. The normalized spacial score (nSPS) is 18.7. The molecular formula is C25H21FO5. The molecule has 0 saturated carbocycles. The van der Waals surface area contributed by atoms with E-state index >= 15 is 0 Å². The first-order chi connectivity index (χ1) is 15.1. The summed E-state index contributed by atoms with van der Waals surface area (Å²) in [6.07, 6.45) is 0.894. The third-order valence-corrected chi connectivity index (χ3v) is 5.77. The van der Waals surface area contributed by atoms with Crippen molar-refractivity contribution in [2.24, 2.45) is 0 Å². The van der Waals surface area contributed by atoms with Gasteiger partial charge >= 0.3 is 5.97 Å². The van der Waals surface area contributed by atoms with Crippen LogP contribution in [-0.2, 0) is 11.2 Å². The summed E-state index contributed by atoms with van der Waals surface area (Å²) < 4.78 is 32.5. The summed E-state index contributed by atoms with van der Waals surface area (Å²) >= 11 is 0. The SMILES string of the molecule is O=C(O)CC1COc2cc(O[C@@H]3CCc4c(Oc5ccccc5)ccc(F)c43)ccc21. The minimum Gasteiger partial charge on any atom is -0.492 e. The standard InChI is InChI=1S/C25H21FO5/c26-20-9-11-21(30-16-4-2-1-3-5-16)19-8-10-22(25(19)20)31-17-6-7-18-15(12-24(27)28)14-29-23(18)13-17/h1-7,9,11,13,15,22H,8,10,12,14H2,(H,27,28)/t15?,22-/m1/s1. The molecular weight excluding hydrogens is 399 g/mol. The summed E-state index contributed by atoms with van der Waals surface area (Å²) in [5.74, 6) is 1.22. The molecule has 158 valence electrons. The maximum absolute atomic E-state index is 14.7. The van der Waals surface area contributed by atoms with Crippen molar-refractivity contribution >= 4 is 5.97 Å². The highest BCUT2D eigenvalue weighted by atomic mass is 19.1. The molecule has 0 fully saturated rings. The van der Waals surface area contributed by atoms with E-state index in [-0.39, 0.29) is 18.2 Å². The van der Waals surface area contributed by atoms with Gasteiger partial charge in [-0.1, -0.05) is 24.3 Å². The van der Waals surface area contributed by atoms with Gasteiger partial charge in [0.05, 0.1) is 13.0 Å². The van der Waals surface area contributed by atoms with Crippen LogP contribution in [-0.4, -0.2) is 17.7 Å². The van der Waals surface area contributed by atoms with Crippen LogP contribution < -0.4 is 14.2 Å². The number of benzene rings is 3. The number of carboxylic acid groups (broad SMARTS) is 1. The van der Waals surface area contributed by atoms with Crippen molar-refractivity contribution in [2.75, 3.05) is 6.61 Å². The molecule has 0 aromatic heterocycles. The number of rotatable bonds is 6. The molecule has 2 aliphatic rings. The topological polar surface area (TPSA) is 65.0 Å². The Bertz CT molecular complexity index is 1130. The number of ether oxygens (including phenoxy) is 3. The Morgan fingerprint density at radius 1 is 1.10 bits per heavy atom. The highest BCUT2D eigenvalue weighted by molar-refractivity contribution is 5.68. The molecule has 1 unspecified atom stereocenters. The van der Waals surface area contributed by atoms with E-state index in [1.54, 1.807) is 18.2 Å². The fraction of sp³-hybridized carbons (Fsp3) is 0.240. The Hall–Kier alpha value is -3.54. The number of carboxylic acids is 1. The van der Waals surface area contributed by atoms with Crippen molar-refractivity contribution in [3.63, 3.8) is 0 Å². The first-order valence-electron chi connectivity index (χ1n) is 10.3. The van der Waals surface area contributed by atoms with Crippen LogP contribution in [0.2, 0.25) is 0 Å². The van der Waals surface area contributed by atoms with Gasteiger partial charge in [0, 0.05) is 28.7 Å². The molecule has 5 rings (SSSR count). The zero-order valence-electron chi connectivity index (χ0n) is 16.7. The van der Waals surface area contributed by atoms with Gasteiger partial charge in [-0.3, -0.25) is 4.79 Å². The van der Waals surface area contributed by atoms with Crippen LogP contribution in [0.1, 0.15) is 41.6 Å². The van der Waals surface area contributed by atoms with Crippen LogP contribution in [0, 0.1) is 5.82 Å². The highest BCUT2D eigenvalue weighted by Gasteiger charge is 2.32. The lowest BCUT2D eigenvalue weighted by Crippen LogP contribution is -2.07. The molecule has 0 bridgehead atoms. The Morgan fingerprint density at radius 3 is 2.74 bits per heavy atom. The third-order valence-electron chi connectivity index (χ3n) is 5.77. The van der Waals surface area contributed by atoms with Crippen LogP contribution in [0.15, 0.2) is 60.7 Å².